The monoisotopic (exact) mass is 418 g/mol. The molecule has 1 fully saturated rings. The normalized spacial score (nSPS) is 14.4. The van der Waals surface area contributed by atoms with Crippen molar-refractivity contribution in [1.82, 2.24) is 20.0 Å². The van der Waals surface area contributed by atoms with Gasteiger partial charge in [0.25, 0.3) is 5.91 Å². The number of hydrogen-bond acceptors (Lipinski definition) is 5. The lowest BCUT2D eigenvalue weighted by molar-refractivity contribution is 0.0569. The molecular weight excluding hydrogens is 408 g/mol. The average Bonchev–Trinajstić information content (AvgIpc) is 3.06. The quantitative estimate of drug-likeness (QED) is 0.646. The van der Waals surface area contributed by atoms with Crippen LogP contribution in [0.4, 0.5) is 0 Å². The fraction of sp³-hybridized carbons (Fsp3) is 0.176. The lowest BCUT2D eigenvalue weighted by Crippen LogP contribution is -2.48. The third-order valence-electron chi connectivity index (χ3n) is 4.04. The van der Waals surface area contributed by atoms with E-state index in [-0.39, 0.29) is 11.8 Å². The van der Waals surface area contributed by atoms with Crippen molar-refractivity contribution in [2.75, 3.05) is 13.1 Å². The van der Waals surface area contributed by atoms with Crippen molar-refractivity contribution in [1.29, 1.82) is 0 Å². The predicted molar refractivity (Wildman–Crippen MR) is 95.3 cm³/mol. The molecule has 8 heteroatoms. The molecule has 0 aliphatic carbocycles. The van der Waals surface area contributed by atoms with Crippen molar-refractivity contribution in [2.45, 2.75) is 5.92 Å². The summed E-state index contributed by atoms with van der Waals surface area (Å²) in [5.74, 6) is 0.966. The number of carbonyl (C=O) groups is 1. The van der Waals surface area contributed by atoms with Gasteiger partial charge >= 0.3 is 0 Å². The summed E-state index contributed by atoms with van der Waals surface area (Å²) < 4.78 is 6.15. The zero-order valence-electron chi connectivity index (χ0n) is 12.9. The van der Waals surface area contributed by atoms with Gasteiger partial charge in [0, 0.05) is 35.5 Å². The highest BCUT2D eigenvalue weighted by atomic mass is 79.9. The fourth-order valence-corrected chi connectivity index (χ4v) is 3.21. The van der Waals surface area contributed by atoms with Crippen molar-refractivity contribution >= 4 is 33.4 Å². The van der Waals surface area contributed by atoms with Gasteiger partial charge < -0.3 is 9.42 Å². The molecule has 1 saturated heterocycles. The minimum atomic E-state index is -0.102. The third-order valence-corrected chi connectivity index (χ3v) is 4.86. The smallest absolute Gasteiger partial charge is 0.255 e. The zero-order valence-corrected chi connectivity index (χ0v) is 15.2. The highest BCUT2D eigenvalue weighted by molar-refractivity contribution is 9.10. The van der Waals surface area contributed by atoms with E-state index in [2.05, 4.69) is 31.1 Å². The molecule has 2 aromatic heterocycles. The van der Waals surface area contributed by atoms with Crippen LogP contribution >= 0.6 is 27.5 Å². The van der Waals surface area contributed by atoms with Crippen LogP contribution in [-0.2, 0) is 0 Å². The second-order valence-electron chi connectivity index (χ2n) is 5.73. The van der Waals surface area contributed by atoms with Crippen molar-refractivity contribution in [3.8, 4) is 11.4 Å². The Bertz CT molecular complexity index is 925. The van der Waals surface area contributed by atoms with E-state index in [9.17, 15) is 4.79 Å². The second kappa shape index (κ2) is 6.57. The van der Waals surface area contributed by atoms with E-state index in [1.807, 2.05) is 12.1 Å². The summed E-state index contributed by atoms with van der Waals surface area (Å²) in [4.78, 5) is 22.7. The van der Waals surface area contributed by atoms with Crippen LogP contribution in [0, 0.1) is 0 Å². The number of benzene rings is 1. The van der Waals surface area contributed by atoms with Gasteiger partial charge in [0.2, 0.25) is 11.7 Å². The van der Waals surface area contributed by atoms with Gasteiger partial charge in [-0.3, -0.25) is 9.78 Å². The number of carbonyl (C=O) groups excluding carboxylic acids is 1. The second-order valence-corrected chi connectivity index (χ2v) is 7.05. The maximum Gasteiger partial charge on any atom is 0.255 e. The molecule has 1 aromatic carbocycles. The molecule has 3 heterocycles. The summed E-state index contributed by atoms with van der Waals surface area (Å²) in [5, 5.41) is 4.42. The summed E-state index contributed by atoms with van der Waals surface area (Å²) in [7, 11) is 0. The standard InChI is InChI=1S/C17H12BrClN4O2/c18-12-3-4-14(19)13(6-12)17(24)23-8-11(9-23)16-21-15(22-25-16)10-2-1-5-20-7-10/h1-7,11H,8-9H2. The Morgan fingerprint density at radius 2 is 2.16 bits per heavy atom. The number of likely N-dealkylation sites (tertiary alicyclic amines) is 1. The summed E-state index contributed by atoms with van der Waals surface area (Å²) in [6, 6.07) is 8.92. The van der Waals surface area contributed by atoms with Crippen LogP contribution in [-0.4, -0.2) is 39.0 Å². The summed E-state index contributed by atoms with van der Waals surface area (Å²) >= 11 is 9.49. The topological polar surface area (TPSA) is 72.1 Å². The number of pyridine rings is 1. The summed E-state index contributed by atoms with van der Waals surface area (Å²) in [6.45, 7) is 1.05. The lowest BCUT2D eigenvalue weighted by atomic mass is 9.98. The minimum Gasteiger partial charge on any atom is -0.339 e. The van der Waals surface area contributed by atoms with Crippen molar-refractivity contribution in [2.24, 2.45) is 0 Å². The molecule has 0 atom stereocenters. The van der Waals surface area contributed by atoms with Crippen molar-refractivity contribution in [3.63, 3.8) is 0 Å². The molecule has 1 amide bonds. The molecule has 0 saturated carbocycles. The zero-order chi connectivity index (χ0) is 17.4. The molecule has 0 N–H and O–H groups in total. The first-order valence-corrected chi connectivity index (χ1v) is 8.77. The Kier molecular flexibility index (Phi) is 4.27. The molecule has 0 bridgehead atoms. The number of nitrogens with zero attached hydrogens (tertiary/aromatic N) is 4. The molecule has 3 aromatic rings. The SMILES string of the molecule is O=C(c1cc(Br)ccc1Cl)N1CC(c2nc(-c3cccnc3)no2)C1. The van der Waals surface area contributed by atoms with E-state index in [1.54, 1.807) is 35.5 Å². The van der Waals surface area contributed by atoms with E-state index in [0.717, 1.165) is 10.0 Å². The van der Waals surface area contributed by atoms with Gasteiger partial charge in [-0.1, -0.05) is 32.7 Å². The first-order valence-electron chi connectivity index (χ1n) is 7.60. The molecule has 0 spiro atoms. The van der Waals surface area contributed by atoms with Gasteiger partial charge in [-0.05, 0) is 30.3 Å². The number of aromatic nitrogens is 3. The van der Waals surface area contributed by atoms with Gasteiger partial charge in [-0.15, -0.1) is 0 Å². The largest absolute Gasteiger partial charge is 0.339 e. The Balaban J connectivity index is 1.45. The molecule has 25 heavy (non-hydrogen) atoms. The predicted octanol–water partition coefficient (Wildman–Crippen LogP) is 3.79. The maximum atomic E-state index is 12.5. The van der Waals surface area contributed by atoms with Crippen LogP contribution in [0.3, 0.4) is 0 Å². The van der Waals surface area contributed by atoms with Crippen LogP contribution in [0.2, 0.25) is 5.02 Å². The third kappa shape index (κ3) is 3.17. The van der Waals surface area contributed by atoms with Gasteiger partial charge in [0.15, 0.2) is 0 Å². The molecule has 1 aliphatic rings. The van der Waals surface area contributed by atoms with Crippen LogP contribution < -0.4 is 0 Å². The number of halogens is 2. The van der Waals surface area contributed by atoms with Crippen LogP contribution in [0.15, 0.2) is 51.7 Å². The number of amides is 1. The van der Waals surface area contributed by atoms with Crippen LogP contribution in [0.1, 0.15) is 22.2 Å². The lowest BCUT2D eigenvalue weighted by Gasteiger charge is -2.37. The number of rotatable bonds is 3. The maximum absolute atomic E-state index is 12.5. The Morgan fingerprint density at radius 1 is 1.32 bits per heavy atom. The fourth-order valence-electron chi connectivity index (χ4n) is 2.65. The summed E-state index contributed by atoms with van der Waals surface area (Å²) in [6.07, 6.45) is 3.37. The van der Waals surface area contributed by atoms with Gasteiger partial charge in [-0.25, -0.2) is 0 Å². The average molecular weight is 420 g/mol. The van der Waals surface area contributed by atoms with E-state index in [1.165, 1.54) is 0 Å². The molecule has 4 rings (SSSR count). The van der Waals surface area contributed by atoms with Gasteiger partial charge in [0.1, 0.15) is 0 Å². The molecule has 1 aliphatic heterocycles. The van der Waals surface area contributed by atoms with E-state index < -0.39 is 0 Å². The van der Waals surface area contributed by atoms with Crippen molar-refractivity contribution < 1.29 is 9.32 Å². The Labute approximate surface area is 156 Å². The van der Waals surface area contributed by atoms with Crippen LogP contribution in [0.5, 0.6) is 0 Å². The van der Waals surface area contributed by atoms with Gasteiger partial charge in [-0.2, -0.15) is 4.98 Å². The summed E-state index contributed by atoms with van der Waals surface area (Å²) in [5.41, 5.74) is 1.28. The first-order chi connectivity index (χ1) is 12.1. The molecule has 0 unspecified atom stereocenters. The minimum absolute atomic E-state index is 0.0350. The van der Waals surface area contributed by atoms with E-state index >= 15 is 0 Å². The van der Waals surface area contributed by atoms with Crippen molar-refractivity contribution in [3.05, 3.63) is 63.7 Å². The molecule has 126 valence electrons. The van der Waals surface area contributed by atoms with Crippen LogP contribution in [0.25, 0.3) is 11.4 Å². The Hall–Kier alpha value is -2.25. The highest BCUT2D eigenvalue weighted by Crippen LogP contribution is 2.30. The molecular formula is C17H12BrClN4O2. The molecule has 6 nitrogen and oxygen atoms in total. The Morgan fingerprint density at radius 3 is 2.92 bits per heavy atom. The van der Waals surface area contributed by atoms with E-state index in [0.29, 0.717) is 35.4 Å². The molecule has 0 radical (unpaired) electrons. The highest BCUT2D eigenvalue weighted by Gasteiger charge is 2.36. The number of hydrogen-bond donors (Lipinski definition) is 0. The van der Waals surface area contributed by atoms with E-state index in [4.69, 9.17) is 16.1 Å². The first kappa shape index (κ1) is 16.2. The van der Waals surface area contributed by atoms with Gasteiger partial charge in [0.05, 0.1) is 16.5 Å².